The quantitative estimate of drug-likeness (QED) is 0.886. The maximum absolute atomic E-state index is 12.8. The number of anilines is 1. The van der Waals surface area contributed by atoms with E-state index in [0.29, 0.717) is 0 Å². The molecule has 0 aliphatic heterocycles. The van der Waals surface area contributed by atoms with Crippen LogP contribution >= 0.6 is 0 Å². The topological polar surface area (TPSA) is 46.2 Å². The zero-order chi connectivity index (χ0) is 13.1. The van der Waals surface area contributed by atoms with Gasteiger partial charge < -0.3 is 5.32 Å². The molecule has 0 saturated heterocycles. The molecule has 0 aromatic heterocycles. The van der Waals surface area contributed by atoms with Crippen molar-refractivity contribution >= 4 is 15.5 Å². The summed E-state index contributed by atoms with van der Waals surface area (Å²) in [6, 6.07) is 2.99. The van der Waals surface area contributed by atoms with Gasteiger partial charge in [-0.1, -0.05) is 0 Å². The van der Waals surface area contributed by atoms with Crippen molar-refractivity contribution in [2.75, 3.05) is 17.6 Å². The minimum absolute atomic E-state index is 0.0667. The molecular formula is C11H15F2NO2S. The van der Waals surface area contributed by atoms with Crippen molar-refractivity contribution in [3.05, 3.63) is 29.8 Å². The molecule has 96 valence electrons. The van der Waals surface area contributed by atoms with Crippen LogP contribution in [-0.4, -0.2) is 26.0 Å². The molecule has 0 bridgehead atoms. The van der Waals surface area contributed by atoms with E-state index >= 15 is 0 Å². The predicted octanol–water partition coefficient (Wildman–Crippen LogP) is 2.20. The van der Waals surface area contributed by atoms with Crippen LogP contribution in [0.25, 0.3) is 0 Å². The van der Waals surface area contributed by atoms with E-state index in [-0.39, 0.29) is 18.0 Å². The molecule has 0 unspecified atom stereocenters. The zero-order valence-electron chi connectivity index (χ0n) is 9.70. The Kier molecular flexibility index (Phi) is 4.45. The molecule has 0 radical (unpaired) electrons. The summed E-state index contributed by atoms with van der Waals surface area (Å²) in [4.78, 5) is 0. The average Bonchev–Trinajstić information content (AvgIpc) is 2.15. The van der Waals surface area contributed by atoms with Gasteiger partial charge in [-0.05, 0) is 26.0 Å². The second kappa shape index (κ2) is 5.44. The van der Waals surface area contributed by atoms with Gasteiger partial charge in [-0.25, -0.2) is 17.2 Å². The highest BCUT2D eigenvalue weighted by Crippen LogP contribution is 2.12. The largest absolute Gasteiger partial charge is 0.384 e. The normalized spacial score (nSPS) is 11.8. The van der Waals surface area contributed by atoms with Gasteiger partial charge in [-0.15, -0.1) is 0 Å². The van der Waals surface area contributed by atoms with Crippen LogP contribution in [0.15, 0.2) is 18.2 Å². The smallest absolute Gasteiger partial charge is 0.154 e. The van der Waals surface area contributed by atoms with Gasteiger partial charge in [0, 0.05) is 18.3 Å². The lowest BCUT2D eigenvalue weighted by molar-refractivity contribution is 0.584. The molecule has 1 rings (SSSR count). The number of halogens is 2. The van der Waals surface area contributed by atoms with Crippen LogP contribution < -0.4 is 5.32 Å². The monoisotopic (exact) mass is 263 g/mol. The Labute approximate surface area is 99.8 Å². The van der Waals surface area contributed by atoms with Crippen molar-refractivity contribution in [1.82, 2.24) is 0 Å². The molecule has 17 heavy (non-hydrogen) atoms. The lowest BCUT2D eigenvalue weighted by atomic mass is 10.3. The maximum atomic E-state index is 12.8. The molecule has 0 aliphatic rings. The van der Waals surface area contributed by atoms with Crippen LogP contribution in [0.3, 0.4) is 0 Å². The molecule has 1 aromatic carbocycles. The van der Waals surface area contributed by atoms with Gasteiger partial charge in [0.25, 0.3) is 0 Å². The van der Waals surface area contributed by atoms with Gasteiger partial charge in [0.05, 0.1) is 11.0 Å². The summed E-state index contributed by atoms with van der Waals surface area (Å²) in [5, 5.41) is 2.23. The third kappa shape index (κ3) is 4.30. The Morgan fingerprint density at radius 1 is 1.18 bits per heavy atom. The number of nitrogens with one attached hydrogen (secondary N) is 1. The van der Waals surface area contributed by atoms with Gasteiger partial charge in [0.2, 0.25) is 0 Å². The fraction of sp³-hybridized carbons (Fsp3) is 0.455. The Bertz CT molecular complexity index is 466. The summed E-state index contributed by atoms with van der Waals surface area (Å²) in [6.45, 7) is 3.32. The van der Waals surface area contributed by atoms with Gasteiger partial charge in [0.15, 0.2) is 9.84 Å². The van der Waals surface area contributed by atoms with E-state index in [1.807, 2.05) is 0 Å². The van der Waals surface area contributed by atoms with E-state index in [1.165, 1.54) is 0 Å². The van der Waals surface area contributed by atoms with Crippen LogP contribution in [0.4, 0.5) is 14.5 Å². The van der Waals surface area contributed by atoms with Crippen molar-refractivity contribution in [2.24, 2.45) is 0 Å². The third-order valence-corrected chi connectivity index (χ3v) is 4.51. The predicted molar refractivity (Wildman–Crippen MR) is 63.8 cm³/mol. The maximum Gasteiger partial charge on any atom is 0.154 e. The molecule has 0 aliphatic carbocycles. The molecule has 0 fully saturated rings. The Morgan fingerprint density at radius 2 is 1.71 bits per heavy atom. The lowest BCUT2D eigenvalue weighted by Crippen LogP contribution is -2.22. The van der Waals surface area contributed by atoms with Crippen LogP contribution in [-0.2, 0) is 9.84 Å². The summed E-state index contributed by atoms with van der Waals surface area (Å²) >= 11 is 0. The molecule has 0 saturated carbocycles. The van der Waals surface area contributed by atoms with Crippen LogP contribution in [0.5, 0.6) is 0 Å². The van der Waals surface area contributed by atoms with Crippen molar-refractivity contribution in [1.29, 1.82) is 0 Å². The minimum Gasteiger partial charge on any atom is -0.384 e. The molecule has 1 N–H and O–H groups in total. The second-order valence-electron chi connectivity index (χ2n) is 4.00. The first kappa shape index (κ1) is 13.9. The van der Waals surface area contributed by atoms with E-state index < -0.39 is 26.7 Å². The summed E-state index contributed by atoms with van der Waals surface area (Å²) in [7, 11) is -3.14. The van der Waals surface area contributed by atoms with Crippen molar-refractivity contribution in [3.8, 4) is 0 Å². The van der Waals surface area contributed by atoms with Crippen molar-refractivity contribution in [2.45, 2.75) is 19.1 Å². The second-order valence-corrected chi connectivity index (χ2v) is 6.68. The van der Waals surface area contributed by atoms with Gasteiger partial charge in [-0.3, -0.25) is 0 Å². The first-order valence-electron chi connectivity index (χ1n) is 5.23. The van der Waals surface area contributed by atoms with Crippen LogP contribution in [0.2, 0.25) is 0 Å². The summed E-state index contributed by atoms with van der Waals surface area (Å²) in [5.74, 6) is -1.46. The van der Waals surface area contributed by atoms with E-state index in [9.17, 15) is 17.2 Å². The van der Waals surface area contributed by atoms with E-state index in [2.05, 4.69) is 5.32 Å². The Balaban J connectivity index is 2.57. The SMILES string of the molecule is CC(C)S(=O)(=O)CCNc1cc(F)cc(F)c1. The Hall–Kier alpha value is -1.17. The average molecular weight is 263 g/mol. The molecule has 0 heterocycles. The number of hydrogen-bond donors (Lipinski definition) is 1. The number of benzene rings is 1. The molecule has 1 aromatic rings. The Morgan fingerprint density at radius 3 is 2.18 bits per heavy atom. The summed E-state index contributed by atoms with van der Waals surface area (Å²) in [5.41, 5.74) is 0.237. The lowest BCUT2D eigenvalue weighted by Gasteiger charge is -2.09. The highest BCUT2D eigenvalue weighted by Gasteiger charge is 2.15. The van der Waals surface area contributed by atoms with E-state index in [0.717, 1.165) is 18.2 Å². The summed E-state index contributed by atoms with van der Waals surface area (Å²) in [6.07, 6.45) is 0. The molecule has 0 amide bonds. The highest BCUT2D eigenvalue weighted by atomic mass is 32.2. The molecular weight excluding hydrogens is 248 g/mol. The zero-order valence-corrected chi connectivity index (χ0v) is 10.5. The van der Waals surface area contributed by atoms with Crippen LogP contribution in [0, 0.1) is 11.6 Å². The third-order valence-electron chi connectivity index (χ3n) is 2.30. The van der Waals surface area contributed by atoms with Crippen molar-refractivity contribution < 1.29 is 17.2 Å². The number of hydrogen-bond acceptors (Lipinski definition) is 3. The molecule has 0 atom stereocenters. The van der Waals surface area contributed by atoms with Crippen LogP contribution in [0.1, 0.15) is 13.8 Å². The standard InChI is InChI=1S/C11H15F2NO2S/c1-8(2)17(15,16)4-3-14-11-6-9(12)5-10(13)7-11/h5-8,14H,3-4H2,1-2H3. The molecule has 3 nitrogen and oxygen atoms in total. The number of rotatable bonds is 5. The van der Waals surface area contributed by atoms with E-state index in [4.69, 9.17) is 0 Å². The number of sulfone groups is 1. The van der Waals surface area contributed by atoms with E-state index in [1.54, 1.807) is 13.8 Å². The highest BCUT2D eigenvalue weighted by molar-refractivity contribution is 7.92. The van der Waals surface area contributed by atoms with Crippen molar-refractivity contribution in [3.63, 3.8) is 0 Å². The summed E-state index contributed by atoms with van der Waals surface area (Å²) < 4.78 is 48.6. The van der Waals surface area contributed by atoms with Gasteiger partial charge >= 0.3 is 0 Å². The minimum atomic E-state index is -3.14. The first-order chi connectivity index (χ1) is 7.81. The first-order valence-corrected chi connectivity index (χ1v) is 6.94. The van der Waals surface area contributed by atoms with Gasteiger partial charge in [0.1, 0.15) is 11.6 Å². The fourth-order valence-electron chi connectivity index (χ4n) is 1.23. The molecule has 0 spiro atoms. The fourth-order valence-corrected chi connectivity index (χ4v) is 2.09. The van der Waals surface area contributed by atoms with Gasteiger partial charge in [-0.2, -0.15) is 0 Å². The molecule has 6 heteroatoms.